The molecule has 1 N–H and O–H groups in total. The molecule has 5 nitrogen and oxygen atoms in total. The minimum Gasteiger partial charge on any atom is -0.480 e. The van der Waals surface area contributed by atoms with E-state index in [1.54, 1.807) is 6.07 Å². The number of aromatic nitrogens is 1. The Bertz CT molecular complexity index is 591. The van der Waals surface area contributed by atoms with Crippen molar-refractivity contribution < 1.29 is 23.1 Å². The van der Waals surface area contributed by atoms with E-state index in [1.807, 2.05) is 0 Å². The number of nitrogens with zero attached hydrogens (tertiary/aromatic N) is 3. The van der Waals surface area contributed by atoms with E-state index in [2.05, 4.69) is 4.98 Å². The Balaban J connectivity index is 2.40. The van der Waals surface area contributed by atoms with Crippen molar-refractivity contribution >= 4 is 11.8 Å². The number of halogens is 3. The summed E-state index contributed by atoms with van der Waals surface area (Å²) in [6.07, 6.45) is -2.84. The lowest BCUT2D eigenvalue weighted by atomic mass is 10.2. The predicted octanol–water partition coefficient (Wildman–Crippen LogP) is 2.27. The third-order valence-electron chi connectivity index (χ3n) is 3.09. The molecule has 0 saturated heterocycles. The largest absolute Gasteiger partial charge is 0.480 e. The van der Waals surface area contributed by atoms with Gasteiger partial charge in [-0.05, 0) is 30.9 Å². The molecule has 1 aliphatic rings. The highest BCUT2D eigenvalue weighted by Crippen LogP contribution is 2.34. The Labute approximate surface area is 118 Å². The van der Waals surface area contributed by atoms with Crippen LogP contribution in [0, 0.1) is 17.2 Å². The summed E-state index contributed by atoms with van der Waals surface area (Å²) < 4.78 is 38.2. The zero-order valence-electron chi connectivity index (χ0n) is 10.9. The van der Waals surface area contributed by atoms with Gasteiger partial charge in [-0.25, -0.2) is 4.98 Å². The zero-order chi connectivity index (χ0) is 15.6. The normalized spacial score (nSPS) is 14.6. The van der Waals surface area contributed by atoms with Gasteiger partial charge in [0.25, 0.3) is 0 Å². The van der Waals surface area contributed by atoms with Crippen molar-refractivity contribution in [3.05, 3.63) is 23.4 Å². The average Bonchev–Trinajstić information content (AvgIpc) is 3.19. The summed E-state index contributed by atoms with van der Waals surface area (Å²) in [4.78, 5) is 15.6. The summed E-state index contributed by atoms with van der Waals surface area (Å²) >= 11 is 0. The molecule has 112 valence electrons. The molecule has 1 heterocycles. The first kappa shape index (κ1) is 15.1. The van der Waals surface area contributed by atoms with Gasteiger partial charge >= 0.3 is 12.1 Å². The number of carboxylic acid groups (broad SMARTS) is 1. The summed E-state index contributed by atoms with van der Waals surface area (Å²) in [6.45, 7) is -0.200. The molecule has 0 unspecified atom stereocenters. The van der Waals surface area contributed by atoms with E-state index in [4.69, 9.17) is 10.4 Å². The van der Waals surface area contributed by atoms with Gasteiger partial charge in [0.05, 0.1) is 5.56 Å². The Morgan fingerprint density at radius 2 is 2.14 bits per heavy atom. The number of carbonyl (C=O) groups is 1. The zero-order valence-corrected chi connectivity index (χ0v) is 10.9. The van der Waals surface area contributed by atoms with Crippen LogP contribution >= 0.6 is 0 Å². The predicted molar refractivity (Wildman–Crippen MR) is 66.5 cm³/mol. The molecular weight excluding hydrogens is 287 g/mol. The van der Waals surface area contributed by atoms with Crippen molar-refractivity contribution in [2.75, 3.05) is 18.0 Å². The van der Waals surface area contributed by atoms with Crippen LogP contribution in [0.25, 0.3) is 0 Å². The highest BCUT2D eigenvalue weighted by molar-refractivity contribution is 5.74. The van der Waals surface area contributed by atoms with E-state index >= 15 is 0 Å². The molecule has 1 aliphatic carbocycles. The first-order valence-corrected chi connectivity index (χ1v) is 6.26. The first-order valence-electron chi connectivity index (χ1n) is 6.26. The van der Waals surface area contributed by atoms with Crippen molar-refractivity contribution in [2.45, 2.75) is 19.0 Å². The summed E-state index contributed by atoms with van der Waals surface area (Å²) in [5.74, 6) is -1.16. The van der Waals surface area contributed by atoms with Crippen LogP contribution in [0.1, 0.15) is 24.1 Å². The van der Waals surface area contributed by atoms with Crippen LogP contribution in [0.15, 0.2) is 12.1 Å². The minimum atomic E-state index is -4.64. The van der Waals surface area contributed by atoms with Crippen molar-refractivity contribution in [1.29, 1.82) is 5.26 Å². The van der Waals surface area contributed by atoms with Gasteiger partial charge in [-0.1, -0.05) is 0 Å². The number of hydrogen-bond acceptors (Lipinski definition) is 4. The fourth-order valence-electron chi connectivity index (χ4n) is 1.94. The summed E-state index contributed by atoms with van der Waals surface area (Å²) in [6, 6.07) is 3.50. The Kier molecular flexibility index (Phi) is 4.02. The number of carboxylic acids is 1. The molecule has 0 atom stereocenters. The summed E-state index contributed by atoms with van der Waals surface area (Å²) in [5, 5.41) is 17.9. The number of aliphatic carboxylic acids is 1. The van der Waals surface area contributed by atoms with Crippen molar-refractivity contribution in [1.82, 2.24) is 4.98 Å². The number of pyridine rings is 1. The van der Waals surface area contributed by atoms with Crippen LogP contribution in [0.5, 0.6) is 0 Å². The second-order valence-corrected chi connectivity index (χ2v) is 4.89. The fourth-order valence-corrected chi connectivity index (χ4v) is 1.94. The number of anilines is 1. The van der Waals surface area contributed by atoms with Crippen LogP contribution in [0.4, 0.5) is 19.0 Å². The van der Waals surface area contributed by atoms with E-state index in [1.165, 1.54) is 4.90 Å². The van der Waals surface area contributed by atoms with Crippen LogP contribution in [-0.4, -0.2) is 29.1 Å². The molecule has 0 bridgehead atoms. The average molecular weight is 299 g/mol. The Morgan fingerprint density at radius 1 is 1.48 bits per heavy atom. The quantitative estimate of drug-likeness (QED) is 0.902. The molecule has 0 radical (unpaired) electrons. The van der Waals surface area contributed by atoms with E-state index < -0.39 is 24.4 Å². The number of rotatable bonds is 5. The maximum Gasteiger partial charge on any atom is 0.433 e. The maximum absolute atomic E-state index is 12.7. The van der Waals surface area contributed by atoms with Gasteiger partial charge in [0, 0.05) is 6.54 Å². The van der Waals surface area contributed by atoms with E-state index in [0.29, 0.717) is 0 Å². The lowest BCUT2D eigenvalue weighted by molar-refractivity contribution is -0.141. The molecule has 1 fully saturated rings. The monoisotopic (exact) mass is 299 g/mol. The molecular formula is C13H12F3N3O2. The summed E-state index contributed by atoms with van der Waals surface area (Å²) in [7, 11) is 0. The number of hydrogen-bond donors (Lipinski definition) is 1. The highest BCUT2D eigenvalue weighted by atomic mass is 19.4. The van der Waals surface area contributed by atoms with Gasteiger partial charge in [-0.2, -0.15) is 18.4 Å². The third kappa shape index (κ3) is 3.84. The molecule has 21 heavy (non-hydrogen) atoms. The van der Waals surface area contributed by atoms with Crippen molar-refractivity contribution in [3.63, 3.8) is 0 Å². The van der Waals surface area contributed by atoms with Gasteiger partial charge in [-0.3, -0.25) is 4.79 Å². The molecule has 0 amide bonds. The SMILES string of the molecule is N#Cc1ccc(C(F)(F)F)nc1N(CC(=O)O)CC1CC1. The van der Waals surface area contributed by atoms with Gasteiger partial charge in [0.15, 0.2) is 0 Å². The Hall–Kier alpha value is -2.30. The van der Waals surface area contributed by atoms with Crippen LogP contribution in [0.3, 0.4) is 0 Å². The standard InChI is InChI=1S/C13H12F3N3O2/c14-13(15,16)10-4-3-9(5-17)12(18-10)19(7-11(20)21)6-8-1-2-8/h3-4,8H,1-2,6-7H2,(H,20,21). The fraction of sp³-hybridized carbons (Fsp3) is 0.462. The second kappa shape index (κ2) is 5.60. The van der Waals surface area contributed by atoms with E-state index in [9.17, 15) is 18.0 Å². The summed E-state index contributed by atoms with van der Waals surface area (Å²) in [5.41, 5.74) is -1.20. The van der Waals surface area contributed by atoms with Crippen LogP contribution < -0.4 is 4.90 Å². The molecule has 0 aliphatic heterocycles. The van der Waals surface area contributed by atoms with Gasteiger partial charge < -0.3 is 10.0 Å². The van der Waals surface area contributed by atoms with Crippen LogP contribution in [-0.2, 0) is 11.0 Å². The second-order valence-electron chi connectivity index (χ2n) is 4.89. The third-order valence-corrected chi connectivity index (χ3v) is 3.09. The van der Waals surface area contributed by atoms with E-state index in [-0.39, 0.29) is 23.8 Å². The smallest absolute Gasteiger partial charge is 0.433 e. The van der Waals surface area contributed by atoms with Crippen molar-refractivity contribution in [2.24, 2.45) is 5.92 Å². The number of alkyl halides is 3. The lowest BCUT2D eigenvalue weighted by Gasteiger charge is -2.23. The molecule has 2 rings (SSSR count). The topological polar surface area (TPSA) is 77.2 Å². The van der Waals surface area contributed by atoms with Gasteiger partial charge in [0.2, 0.25) is 0 Å². The number of nitriles is 1. The molecule has 0 spiro atoms. The van der Waals surface area contributed by atoms with Gasteiger partial charge in [0.1, 0.15) is 24.1 Å². The molecule has 1 aromatic rings. The van der Waals surface area contributed by atoms with Crippen molar-refractivity contribution in [3.8, 4) is 6.07 Å². The molecule has 1 aromatic heterocycles. The lowest BCUT2D eigenvalue weighted by Crippen LogP contribution is -2.33. The first-order chi connectivity index (χ1) is 9.81. The maximum atomic E-state index is 12.7. The molecule has 1 saturated carbocycles. The molecule has 0 aromatic carbocycles. The van der Waals surface area contributed by atoms with Crippen LogP contribution in [0.2, 0.25) is 0 Å². The Morgan fingerprint density at radius 3 is 2.62 bits per heavy atom. The molecule has 8 heteroatoms. The highest BCUT2D eigenvalue weighted by Gasteiger charge is 2.34. The minimum absolute atomic E-state index is 0.0649. The van der Waals surface area contributed by atoms with Gasteiger partial charge in [-0.15, -0.1) is 0 Å². The van der Waals surface area contributed by atoms with E-state index in [0.717, 1.165) is 25.0 Å².